The summed E-state index contributed by atoms with van der Waals surface area (Å²) in [6, 6.07) is 0. The summed E-state index contributed by atoms with van der Waals surface area (Å²) in [5.74, 6) is 0. The average Bonchev–Trinajstić information content (AvgIpc) is 2.10. The SMILES string of the molecule is C=NC1=CC=CC(C)(C)C=C1. The first-order chi connectivity index (χ1) is 5.14. The van der Waals surface area contributed by atoms with E-state index in [9.17, 15) is 0 Å². The van der Waals surface area contributed by atoms with Gasteiger partial charge in [0, 0.05) is 5.41 Å². The maximum atomic E-state index is 3.85. The number of aliphatic imine (C=N–C) groups is 1. The van der Waals surface area contributed by atoms with Crippen LogP contribution in [0.1, 0.15) is 13.8 Å². The number of rotatable bonds is 1. The number of hydrogen-bond acceptors (Lipinski definition) is 1. The van der Waals surface area contributed by atoms with Crippen molar-refractivity contribution in [3.63, 3.8) is 0 Å². The van der Waals surface area contributed by atoms with Gasteiger partial charge in [0.2, 0.25) is 0 Å². The average molecular weight is 147 g/mol. The Hall–Kier alpha value is -1.11. The molecular formula is C10H13N. The minimum atomic E-state index is 0.142. The van der Waals surface area contributed by atoms with Crippen molar-refractivity contribution in [1.29, 1.82) is 0 Å². The van der Waals surface area contributed by atoms with Crippen LogP contribution in [0.15, 0.2) is 41.1 Å². The van der Waals surface area contributed by atoms with Crippen LogP contribution < -0.4 is 0 Å². The Labute approximate surface area is 67.8 Å². The molecule has 0 aliphatic heterocycles. The summed E-state index contributed by atoms with van der Waals surface area (Å²) in [5, 5.41) is 0. The first-order valence-electron chi connectivity index (χ1n) is 3.69. The molecule has 1 nitrogen and oxygen atoms in total. The molecule has 0 atom stereocenters. The molecule has 0 aromatic rings. The topological polar surface area (TPSA) is 12.4 Å². The molecule has 58 valence electrons. The maximum Gasteiger partial charge on any atom is 0.0619 e. The van der Waals surface area contributed by atoms with Crippen molar-refractivity contribution < 1.29 is 0 Å². The highest BCUT2D eigenvalue weighted by Crippen LogP contribution is 2.22. The predicted molar refractivity (Wildman–Crippen MR) is 49.7 cm³/mol. The molecule has 0 spiro atoms. The van der Waals surface area contributed by atoms with Crippen LogP contribution in [-0.4, -0.2) is 6.72 Å². The summed E-state index contributed by atoms with van der Waals surface area (Å²) in [5.41, 5.74) is 1.06. The second-order valence-corrected chi connectivity index (χ2v) is 3.26. The molecule has 1 heteroatoms. The lowest BCUT2D eigenvalue weighted by molar-refractivity contribution is 0.627. The smallest absolute Gasteiger partial charge is 0.0619 e. The van der Waals surface area contributed by atoms with Crippen molar-refractivity contribution in [2.75, 3.05) is 0 Å². The summed E-state index contributed by atoms with van der Waals surface area (Å²) in [6.07, 6.45) is 10.2. The van der Waals surface area contributed by atoms with Crippen LogP contribution in [0.25, 0.3) is 0 Å². The third-order valence-electron chi connectivity index (χ3n) is 1.66. The van der Waals surface area contributed by atoms with Gasteiger partial charge in [0.25, 0.3) is 0 Å². The van der Waals surface area contributed by atoms with Crippen LogP contribution in [0.2, 0.25) is 0 Å². The molecule has 0 unspecified atom stereocenters. The number of nitrogens with zero attached hydrogens (tertiary/aromatic N) is 1. The largest absolute Gasteiger partial charge is 0.265 e. The van der Waals surface area contributed by atoms with Crippen molar-refractivity contribution in [2.24, 2.45) is 10.4 Å². The molecular weight excluding hydrogens is 134 g/mol. The van der Waals surface area contributed by atoms with Gasteiger partial charge in [0.1, 0.15) is 0 Å². The summed E-state index contributed by atoms with van der Waals surface area (Å²) in [7, 11) is 0. The normalized spacial score (nSPS) is 20.7. The molecule has 0 N–H and O–H groups in total. The van der Waals surface area contributed by atoms with E-state index in [2.05, 4.69) is 37.7 Å². The lowest BCUT2D eigenvalue weighted by Gasteiger charge is -2.12. The van der Waals surface area contributed by atoms with E-state index in [0.717, 1.165) is 5.70 Å². The Morgan fingerprint density at radius 2 is 2.09 bits per heavy atom. The molecule has 0 amide bonds. The fourth-order valence-electron chi connectivity index (χ4n) is 0.911. The van der Waals surface area contributed by atoms with E-state index in [0.29, 0.717) is 0 Å². The zero-order chi connectivity index (χ0) is 8.32. The van der Waals surface area contributed by atoms with Gasteiger partial charge in [-0.05, 0) is 18.9 Å². The lowest BCUT2D eigenvalue weighted by atomic mass is 9.93. The van der Waals surface area contributed by atoms with Crippen LogP contribution >= 0.6 is 0 Å². The number of allylic oxidation sites excluding steroid dienone is 5. The molecule has 0 saturated heterocycles. The van der Waals surface area contributed by atoms with Gasteiger partial charge in [-0.1, -0.05) is 32.1 Å². The Morgan fingerprint density at radius 1 is 1.36 bits per heavy atom. The van der Waals surface area contributed by atoms with E-state index in [4.69, 9.17) is 0 Å². The first kappa shape index (κ1) is 7.99. The van der Waals surface area contributed by atoms with E-state index in [-0.39, 0.29) is 5.41 Å². The Morgan fingerprint density at radius 3 is 2.73 bits per heavy atom. The minimum absolute atomic E-state index is 0.142. The second kappa shape index (κ2) is 2.87. The molecule has 0 heterocycles. The summed E-state index contributed by atoms with van der Waals surface area (Å²) in [4.78, 5) is 3.85. The lowest BCUT2D eigenvalue weighted by Crippen LogP contribution is -2.00. The van der Waals surface area contributed by atoms with Gasteiger partial charge in [0.05, 0.1) is 5.70 Å². The third kappa shape index (κ3) is 2.19. The molecule has 0 saturated carbocycles. The standard InChI is InChI=1S/C10H13N/c1-10(2)7-4-5-9(11-3)6-8-10/h4-8H,3H2,1-2H3. The van der Waals surface area contributed by atoms with Crippen LogP contribution in [0, 0.1) is 5.41 Å². The van der Waals surface area contributed by atoms with Crippen molar-refractivity contribution in [3.05, 3.63) is 36.1 Å². The van der Waals surface area contributed by atoms with Gasteiger partial charge >= 0.3 is 0 Å². The third-order valence-corrected chi connectivity index (χ3v) is 1.66. The highest BCUT2D eigenvalue weighted by molar-refractivity contribution is 5.37. The van der Waals surface area contributed by atoms with E-state index in [1.165, 1.54) is 0 Å². The van der Waals surface area contributed by atoms with Crippen LogP contribution in [-0.2, 0) is 0 Å². The molecule has 0 radical (unpaired) electrons. The summed E-state index contributed by atoms with van der Waals surface area (Å²) in [6.45, 7) is 7.78. The zero-order valence-electron chi connectivity index (χ0n) is 7.04. The molecule has 11 heavy (non-hydrogen) atoms. The van der Waals surface area contributed by atoms with Crippen LogP contribution in [0.4, 0.5) is 0 Å². The molecule has 0 aromatic heterocycles. The zero-order valence-corrected chi connectivity index (χ0v) is 7.04. The van der Waals surface area contributed by atoms with E-state index < -0.39 is 0 Å². The van der Waals surface area contributed by atoms with E-state index in [1.54, 1.807) is 0 Å². The minimum Gasteiger partial charge on any atom is -0.265 e. The monoisotopic (exact) mass is 147 g/mol. The van der Waals surface area contributed by atoms with E-state index >= 15 is 0 Å². The van der Waals surface area contributed by atoms with Crippen molar-refractivity contribution in [2.45, 2.75) is 13.8 Å². The maximum absolute atomic E-state index is 3.85. The fourth-order valence-corrected chi connectivity index (χ4v) is 0.911. The molecule has 1 aliphatic carbocycles. The number of hydrogen-bond donors (Lipinski definition) is 0. The quantitative estimate of drug-likeness (QED) is 0.506. The highest BCUT2D eigenvalue weighted by atomic mass is 14.7. The van der Waals surface area contributed by atoms with Gasteiger partial charge in [-0.3, -0.25) is 4.99 Å². The van der Waals surface area contributed by atoms with Crippen molar-refractivity contribution >= 4 is 6.72 Å². The highest BCUT2D eigenvalue weighted by Gasteiger charge is 2.09. The van der Waals surface area contributed by atoms with E-state index in [1.807, 2.05) is 18.2 Å². The first-order valence-corrected chi connectivity index (χ1v) is 3.69. The molecule has 0 bridgehead atoms. The van der Waals surface area contributed by atoms with Gasteiger partial charge < -0.3 is 0 Å². The molecule has 0 aromatic carbocycles. The van der Waals surface area contributed by atoms with Gasteiger partial charge in [0.15, 0.2) is 0 Å². The van der Waals surface area contributed by atoms with Gasteiger partial charge in [-0.25, -0.2) is 0 Å². The van der Waals surface area contributed by atoms with Crippen LogP contribution in [0.5, 0.6) is 0 Å². The fraction of sp³-hybridized carbons (Fsp3) is 0.300. The van der Waals surface area contributed by atoms with Gasteiger partial charge in [-0.15, -0.1) is 0 Å². The van der Waals surface area contributed by atoms with Crippen molar-refractivity contribution in [3.8, 4) is 0 Å². The summed E-state index contributed by atoms with van der Waals surface area (Å²) >= 11 is 0. The second-order valence-electron chi connectivity index (χ2n) is 3.26. The Bertz CT molecular complexity index is 242. The molecule has 1 rings (SSSR count). The predicted octanol–water partition coefficient (Wildman–Crippen LogP) is 2.72. The molecule has 0 fully saturated rings. The van der Waals surface area contributed by atoms with Crippen LogP contribution in [0.3, 0.4) is 0 Å². The summed E-state index contributed by atoms with van der Waals surface area (Å²) < 4.78 is 0. The van der Waals surface area contributed by atoms with Crippen molar-refractivity contribution in [1.82, 2.24) is 0 Å². The molecule has 1 aliphatic rings. The Kier molecular flexibility index (Phi) is 2.08. The Balaban J connectivity index is 2.91. The van der Waals surface area contributed by atoms with Gasteiger partial charge in [-0.2, -0.15) is 0 Å².